The minimum absolute atomic E-state index is 0.184. The number of β-amino-alcohol motifs (C(OH)–C–C–N with tert-alkyl or cyclic N) is 2. The highest BCUT2D eigenvalue weighted by Crippen LogP contribution is 2.35. The van der Waals surface area contributed by atoms with Crippen molar-refractivity contribution in [2.75, 3.05) is 37.6 Å². The number of alkyl halides is 3. The van der Waals surface area contributed by atoms with E-state index in [4.69, 9.17) is 0 Å². The Morgan fingerprint density at radius 2 is 1.69 bits per heavy atom. The summed E-state index contributed by atoms with van der Waals surface area (Å²) in [6.07, 6.45) is -7.10. The normalized spacial score (nSPS) is 30.6. The molecule has 2 aliphatic heterocycles. The molecule has 0 aliphatic carbocycles. The summed E-state index contributed by atoms with van der Waals surface area (Å²) in [7, 11) is 0. The SMILES string of the molecule is OC1[C@H](O)CN(C[C@H]2CCN(c3ccccc3OC(F)(F)F)C2)C[C@@H]1O. The third-order valence-corrected chi connectivity index (χ3v) is 4.91. The number of nitrogens with zero attached hydrogens (tertiary/aromatic N) is 2. The fourth-order valence-corrected chi connectivity index (χ4v) is 3.72. The van der Waals surface area contributed by atoms with E-state index in [1.165, 1.54) is 12.1 Å². The molecule has 0 amide bonds. The van der Waals surface area contributed by atoms with Gasteiger partial charge in [0.1, 0.15) is 6.10 Å². The predicted molar refractivity (Wildman–Crippen MR) is 87.9 cm³/mol. The first-order valence-corrected chi connectivity index (χ1v) is 8.59. The summed E-state index contributed by atoms with van der Waals surface area (Å²) in [5.74, 6) is -0.0313. The highest BCUT2D eigenvalue weighted by atomic mass is 19.4. The number of halogens is 3. The fraction of sp³-hybridized carbons (Fsp3) is 0.647. The van der Waals surface area contributed by atoms with Gasteiger partial charge < -0.3 is 25.0 Å². The summed E-state index contributed by atoms with van der Waals surface area (Å²) in [5.41, 5.74) is 0.404. The molecule has 0 spiro atoms. The van der Waals surface area contributed by atoms with Gasteiger partial charge in [0, 0.05) is 32.7 Å². The number of aliphatic hydroxyl groups is 3. The molecule has 0 aromatic heterocycles. The van der Waals surface area contributed by atoms with Crippen molar-refractivity contribution in [3.8, 4) is 5.75 Å². The third kappa shape index (κ3) is 4.59. The number of hydrogen-bond acceptors (Lipinski definition) is 6. The first-order valence-electron chi connectivity index (χ1n) is 8.59. The quantitative estimate of drug-likeness (QED) is 0.722. The van der Waals surface area contributed by atoms with Gasteiger partial charge in [-0.1, -0.05) is 12.1 Å². The summed E-state index contributed by atoms with van der Waals surface area (Å²) in [4.78, 5) is 3.74. The second-order valence-electron chi connectivity index (χ2n) is 6.96. The van der Waals surface area contributed by atoms with Gasteiger partial charge in [-0.3, -0.25) is 4.90 Å². The maximum atomic E-state index is 12.6. The lowest BCUT2D eigenvalue weighted by atomic mass is 10.00. The van der Waals surface area contributed by atoms with E-state index in [-0.39, 0.29) is 24.8 Å². The largest absolute Gasteiger partial charge is 0.573 e. The molecule has 0 saturated carbocycles. The van der Waals surface area contributed by atoms with Crippen molar-refractivity contribution in [2.24, 2.45) is 5.92 Å². The van der Waals surface area contributed by atoms with Crippen LogP contribution in [0.4, 0.5) is 18.9 Å². The van der Waals surface area contributed by atoms with Crippen LogP contribution >= 0.6 is 0 Å². The Balaban J connectivity index is 1.61. The molecule has 6 nitrogen and oxygen atoms in total. The Bertz CT molecular complexity index is 604. The lowest BCUT2D eigenvalue weighted by Gasteiger charge is -2.38. The molecule has 0 bridgehead atoms. The van der Waals surface area contributed by atoms with Gasteiger partial charge in [0.25, 0.3) is 0 Å². The Morgan fingerprint density at radius 3 is 2.35 bits per heavy atom. The monoisotopic (exact) mass is 376 g/mol. The number of likely N-dealkylation sites (tertiary alicyclic amines) is 1. The molecule has 2 aliphatic rings. The first-order chi connectivity index (χ1) is 12.2. The third-order valence-electron chi connectivity index (χ3n) is 4.91. The van der Waals surface area contributed by atoms with E-state index < -0.39 is 24.7 Å². The highest BCUT2D eigenvalue weighted by molar-refractivity contribution is 5.59. The summed E-state index contributed by atoms with van der Waals surface area (Å²) in [6.45, 7) is 2.29. The number of para-hydroxylation sites is 2. The molecule has 2 saturated heterocycles. The van der Waals surface area contributed by atoms with Crippen molar-refractivity contribution in [1.82, 2.24) is 4.90 Å². The van der Waals surface area contributed by atoms with Crippen LogP contribution in [-0.4, -0.2) is 77.6 Å². The van der Waals surface area contributed by atoms with E-state index in [9.17, 15) is 28.5 Å². The minimum Gasteiger partial charge on any atom is -0.404 e. The van der Waals surface area contributed by atoms with Gasteiger partial charge in [-0.2, -0.15) is 0 Å². The molecule has 146 valence electrons. The van der Waals surface area contributed by atoms with Crippen molar-refractivity contribution in [1.29, 1.82) is 0 Å². The fourth-order valence-electron chi connectivity index (χ4n) is 3.72. The van der Waals surface area contributed by atoms with E-state index in [1.807, 2.05) is 9.80 Å². The topological polar surface area (TPSA) is 76.4 Å². The molecule has 3 rings (SSSR count). The van der Waals surface area contributed by atoms with Gasteiger partial charge >= 0.3 is 6.36 Å². The number of ether oxygens (including phenoxy) is 1. The van der Waals surface area contributed by atoms with Gasteiger partial charge in [0.15, 0.2) is 5.75 Å². The van der Waals surface area contributed by atoms with Gasteiger partial charge in [-0.05, 0) is 24.5 Å². The molecule has 1 aromatic rings. The van der Waals surface area contributed by atoms with Crippen LogP contribution in [0.1, 0.15) is 6.42 Å². The first kappa shape index (κ1) is 19.2. The van der Waals surface area contributed by atoms with Crippen LogP contribution in [0.2, 0.25) is 0 Å². The Kier molecular flexibility index (Phi) is 5.61. The molecule has 26 heavy (non-hydrogen) atoms. The summed E-state index contributed by atoms with van der Waals surface area (Å²) < 4.78 is 41.9. The zero-order chi connectivity index (χ0) is 18.9. The lowest BCUT2D eigenvalue weighted by molar-refractivity contribution is -0.274. The number of anilines is 1. The van der Waals surface area contributed by atoms with Crippen molar-refractivity contribution in [2.45, 2.75) is 31.1 Å². The molecule has 0 radical (unpaired) electrons. The number of hydrogen-bond donors (Lipinski definition) is 3. The molecule has 1 aromatic carbocycles. The van der Waals surface area contributed by atoms with E-state index in [1.54, 1.807) is 12.1 Å². The average molecular weight is 376 g/mol. The Labute approximate surface area is 149 Å². The van der Waals surface area contributed by atoms with Crippen LogP contribution in [-0.2, 0) is 0 Å². The van der Waals surface area contributed by atoms with E-state index in [0.29, 0.717) is 25.3 Å². The maximum Gasteiger partial charge on any atom is 0.573 e. The smallest absolute Gasteiger partial charge is 0.404 e. The lowest BCUT2D eigenvalue weighted by Crippen LogP contribution is -2.56. The van der Waals surface area contributed by atoms with Crippen molar-refractivity contribution in [3.05, 3.63) is 24.3 Å². The van der Waals surface area contributed by atoms with Crippen molar-refractivity contribution < 1.29 is 33.2 Å². The van der Waals surface area contributed by atoms with Crippen molar-refractivity contribution in [3.63, 3.8) is 0 Å². The van der Waals surface area contributed by atoms with E-state index in [2.05, 4.69) is 4.74 Å². The van der Waals surface area contributed by atoms with Crippen LogP contribution in [0.3, 0.4) is 0 Å². The van der Waals surface area contributed by atoms with Crippen molar-refractivity contribution >= 4 is 5.69 Å². The molecule has 1 unspecified atom stereocenters. The van der Waals surface area contributed by atoms with Gasteiger partial charge in [-0.15, -0.1) is 13.2 Å². The van der Waals surface area contributed by atoms with Gasteiger partial charge in [0.05, 0.1) is 17.9 Å². The van der Waals surface area contributed by atoms with Gasteiger partial charge in [0.2, 0.25) is 0 Å². The molecule has 2 heterocycles. The molecular formula is C17H23F3N2O4. The van der Waals surface area contributed by atoms with E-state index >= 15 is 0 Å². The molecule has 4 atom stereocenters. The van der Waals surface area contributed by atoms with Crippen LogP contribution in [0.15, 0.2) is 24.3 Å². The second-order valence-corrected chi connectivity index (χ2v) is 6.96. The van der Waals surface area contributed by atoms with Crippen LogP contribution < -0.4 is 9.64 Å². The standard InChI is InChI=1S/C17H23F3N2O4/c18-17(19,20)26-15-4-2-1-3-12(15)22-6-5-11(8-22)7-21-9-13(23)16(25)14(24)10-21/h1-4,11,13-14,16,23-25H,5-10H2/t11-,13-,14+,16?/m1/s1. The zero-order valence-electron chi connectivity index (χ0n) is 14.1. The minimum atomic E-state index is -4.74. The maximum absolute atomic E-state index is 12.6. The molecular weight excluding hydrogens is 353 g/mol. The average Bonchev–Trinajstić information content (AvgIpc) is 3.00. The molecule has 2 fully saturated rings. The van der Waals surface area contributed by atoms with E-state index in [0.717, 1.165) is 6.42 Å². The Hall–Kier alpha value is -1.55. The van der Waals surface area contributed by atoms with Gasteiger partial charge in [-0.25, -0.2) is 0 Å². The van der Waals surface area contributed by atoms with Crippen LogP contribution in [0, 0.1) is 5.92 Å². The predicted octanol–water partition coefficient (Wildman–Crippen LogP) is 0.810. The number of benzene rings is 1. The summed E-state index contributed by atoms with van der Waals surface area (Å²) in [6, 6.07) is 6.08. The summed E-state index contributed by atoms with van der Waals surface area (Å²) >= 11 is 0. The number of aliphatic hydroxyl groups excluding tert-OH is 3. The van der Waals surface area contributed by atoms with Crippen LogP contribution in [0.25, 0.3) is 0 Å². The van der Waals surface area contributed by atoms with Crippen LogP contribution in [0.5, 0.6) is 5.75 Å². The summed E-state index contributed by atoms with van der Waals surface area (Å²) in [5, 5.41) is 29.2. The Morgan fingerprint density at radius 1 is 1.04 bits per heavy atom. The highest BCUT2D eigenvalue weighted by Gasteiger charge is 2.36. The number of rotatable bonds is 4. The molecule has 9 heteroatoms. The molecule has 3 N–H and O–H groups in total. The second kappa shape index (κ2) is 7.59. The zero-order valence-corrected chi connectivity index (χ0v) is 14.1. The number of piperidine rings is 1.